The minimum absolute atomic E-state index is 0.118. The SMILES string of the molecule is CC=C1CN2CC[C@]3(O)c4ccccc4N4C=C(C(=O)OC)[C@H]1C[C@H]2[C@@]43O. The van der Waals surface area contributed by atoms with Crippen LogP contribution in [0.3, 0.4) is 0 Å². The lowest BCUT2D eigenvalue weighted by molar-refractivity contribution is -0.214. The predicted octanol–water partition coefficient (Wildman–Crippen LogP) is 1.49. The Bertz CT molecular complexity index is 894. The van der Waals surface area contributed by atoms with E-state index in [1.165, 1.54) is 7.11 Å². The lowest BCUT2D eigenvalue weighted by atomic mass is 9.70. The van der Waals surface area contributed by atoms with Crippen molar-refractivity contribution in [1.29, 1.82) is 0 Å². The maximum absolute atomic E-state index is 12.6. The van der Waals surface area contributed by atoms with E-state index in [9.17, 15) is 15.0 Å². The molecule has 2 fully saturated rings. The van der Waals surface area contributed by atoms with Gasteiger partial charge in [-0.15, -0.1) is 0 Å². The molecule has 4 aliphatic heterocycles. The highest BCUT2D eigenvalue weighted by Gasteiger charge is 2.69. The van der Waals surface area contributed by atoms with E-state index in [1.807, 2.05) is 31.2 Å². The van der Waals surface area contributed by atoms with Crippen LogP contribution in [0.5, 0.6) is 0 Å². The van der Waals surface area contributed by atoms with Crippen LogP contribution in [-0.4, -0.2) is 53.0 Å². The van der Waals surface area contributed by atoms with Gasteiger partial charge in [-0.2, -0.15) is 0 Å². The molecule has 142 valence electrons. The van der Waals surface area contributed by atoms with Crippen molar-refractivity contribution >= 4 is 11.7 Å². The maximum Gasteiger partial charge on any atom is 0.335 e. The van der Waals surface area contributed by atoms with Crippen LogP contribution in [0.4, 0.5) is 5.69 Å². The molecule has 1 aromatic rings. The average molecular weight is 368 g/mol. The second-order valence-electron chi connectivity index (χ2n) is 7.94. The van der Waals surface area contributed by atoms with Gasteiger partial charge in [0.25, 0.3) is 0 Å². The van der Waals surface area contributed by atoms with Crippen molar-refractivity contribution in [3.63, 3.8) is 0 Å². The first-order chi connectivity index (χ1) is 13.0. The first-order valence-electron chi connectivity index (χ1n) is 9.48. The molecule has 4 aliphatic rings. The number of carbonyl (C=O) groups excluding carboxylic acids is 1. The maximum atomic E-state index is 12.6. The summed E-state index contributed by atoms with van der Waals surface area (Å²) in [7, 11) is 1.38. The van der Waals surface area contributed by atoms with Crippen LogP contribution in [0.2, 0.25) is 0 Å². The van der Waals surface area contributed by atoms with Gasteiger partial charge in [-0.1, -0.05) is 29.8 Å². The van der Waals surface area contributed by atoms with E-state index in [1.54, 1.807) is 11.1 Å². The number of fused-ring (bicyclic) bond motifs is 4. The molecule has 0 aromatic heterocycles. The fourth-order valence-corrected chi connectivity index (χ4v) is 5.64. The van der Waals surface area contributed by atoms with E-state index in [-0.39, 0.29) is 17.9 Å². The Labute approximate surface area is 158 Å². The van der Waals surface area contributed by atoms with Gasteiger partial charge in [0.05, 0.1) is 18.7 Å². The number of methoxy groups -OCH3 is 1. The van der Waals surface area contributed by atoms with Gasteiger partial charge in [-0.3, -0.25) is 4.90 Å². The van der Waals surface area contributed by atoms with Crippen LogP contribution < -0.4 is 4.90 Å². The molecule has 4 atom stereocenters. The molecule has 6 nitrogen and oxygen atoms in total. The number of piperidine rings is 2. The topological polar surface area (TPSA) is 73.2 Å². The lowest BCUT2D eigenvalue weighted by Gasteiger charge is -2.56. The molecule has 0 saturated carbocycles. The summed E-state index contributed by atoms with van der Waals surface area (Å²) in [5, 5.41) is 23.7. The number of allylic oxidation sites excluding steroid dienone is 1. The molecule has 2 saturated heterocycles. The van der Waals surface area contributed by atoms with Gasteiger partial charge >= 0.3 is 5.97 Å². The fourth-order valence-electron chi connectivity index (χ4n) is 5.64. The Balaban J connectivity index is 1.80. The predicted molar refractivity (Wildman–Crippen MR) is 99.7 cm³/mol. The highest BCUT2D eigenvalue weighted by atomic mass is 16.5. The Morgan fingerprint density at radius 1 is 1.33 bits per heavy atom. The molecule has 6 heteroatoms. The third kappa shape index (κ3) is 1.88. The van der Waals surface area contributed by atoms with E-state index < -0.39 is 11.3 Å². The number of esters is 1. The van der Waals surface area contributed by atoms with E-state index in [2.05, 4.69) is 11.0 Å². The minimum Gasteiger partial charge on any atom is -0.466 e. The third-order valence-corrected chi connectivity index (χ3v) is 6.98. The van der Waals surface area contributed by atoms with Crippen LogP contribution in [0, 0.1) is 5.92 Å². The van der Waals surface area contributed by atoms with Crippen molar-refractivity contribution in [2.45, 2.75) is 37.1 Å². The number of hydrogen-bond donors (Lipinski definition) is 2. The number of para-hydroxylation sites is 1. The molecular weight excluding hydrogens is 344 g/mol. The summed E-state index contributed by atoms with van der Waals surface area (Å²) in [6.07, 6.45) is 4.79. The van der Waals surface area contributed by atoms with E-state index >= 15 is 0 Å². The molecule has 4 heterocycles. The van der Waals surface area contributed by atoms with E-state index in [0.29, 0.717) is 31.5 Å². The molecule has 0 spiro atoms. The van der Waals surface area contributed by atoms with Gasteiger partial charge in [0.2, 0.25) is 0 Å². The summed E-state index contributed by atoms with van der Waals surface area (Å²) in [5.74, 6) is -0.504. The molecule has 0 unspecified atom stereocenters. The zero-order chi connectivity index (χ0) is 19.0. The Hall–Kier alpha value is -2.15. The highest BCUT2D eigenvalue weighted by Crippen LogP contribution is 2.59. The molecule has 2 N–H and O–H groups in total. The van der Waals surface area contributed by atoms with Gasteiger partial charge < -0.3 is 19.8 Å². The van der Waals surface area contributed by atoms with E-state index in [0.717, 1.165) is 16.8 Å². The van der Waals surface area contributed by atoms with E-state index in [4.69, 9.17) is 4.74 Å². The highest BCUT2D eigenvalue weighted by molar-refractivity contribution is 5.91. The Kier molecular flexibility index (Phi) is 3.42. The Morgan fingerprint density at radius 3 is 2.85 bits per heavy atom. The molecule has 0 aliphatic carbocycles. The first-order valence-corrected chi connectivity index (χ1v) is 9.48. The van der Waals surface area contributed by atoms with Gasteiger partial charge in [-0.05, 0) is 25.8 Å². The molecule has 2 bridgehead atoms. The normalized spacial score (nSPS) is 38.3. The van der Waals surface area contributed by atoms with Crippen molar-refractivity contribution in [1.82, 2.24) is 4.90 Å². The van der Waals surface area contributed by atoms with Crippen LogP contribution in [0.1, 0.15) is 25.3 Å². The second-order valence-corrected chi connectivity index (χ2v) is 7.94. The molecule has 27 heavy (non-hydrogen) atoms. The van der Waals surface area contributed by atoms with Crippen LogP contribution in [-0.2, 0) is 15.1 Å². The van der Waals surface area contributed by atoms with Crippen LogP contribution in [0.15, 0.2) is 47.7 Å². The van der Waals surface area contributed by atoms with Crippen molar-refractivity contribution in [3.05, 3.63) is 53.3 Å². The quantitative estimate of drug-likeness (QED) is 0.578. The monoisotopic (exact) mass is 368 g/mol. The van der Waals surface area contributed by atoms with Crippen LogP contribution >= 0.6 is 0 Å². The Morgan fingerprint density at radius 2 is 2.11 bits per heavy atom. The number of anilines is 1. The largest absolute Gasteiger partial charge is 0.466 e. The summed E-state index contributed by atoms with van der Waals surface area (Å²) in [6.45, 7) is 3.37. The number of aliphatic hydroxyl groups is 2. The second kappa shape index (κ2) is 5.44. The third-order valence-electron chi connectivity index (χ3n) is 6.98. The number of carbonyl (C=O) groups is 1. The smallest absolute Gasteiger partial charge is 0.335 e. The number of nitrogens with zero attached hydrogens (tertiary/aromatic N) is 2. The zero-order valence-electron chi connectivity index (χ0n) is 15.6. The molecule has 1 aromatic carbocycles. The molecule has 0 radical (unpaired) electrons. The van der Waals surface area contributed by atoms with Gasteiger partial charge in [0.15, 0.2) is 5.72 Å². The zero-order valence-corrected chi connectivity index (χ0v) is 15.6. The number of ether oxygens (including phenoxy) is 1. The first kappa shape index (κ1) is 17.0. The number of rotatable bonds is 1. The van der Waals surface area contributed by atoms with Crippen LogP contribution in [0.25, 0.3) is 0 Å². The fraction of sp³-hybridized carbons (Fsp3) is 0.476. The van der Waals surface area contributed by atoms with Crippen molar-refractivity contribution in [3.8, 4) is 0 Å². The number of benzene rings is 1. The summed E-state index contributed by atoms with van der Waals surface area (Å²) >= 11 is 0. The molecular formula is C21H24N2O4. The summed E-state index contributed by atoms with van der Waals surface area (Å²) in [4.78, 5) is 16.6. The minimum atomic E-state index is -1.51. The summed E-state index contributed by atoms with van der Waals surface area (Å²) in [6, 6.07) is 7.26. The lowest BCUT2D eigenvalue weighted by Crippen LogP contribution is -2.72. The summed E-state index contributed by atoms with van der Waals surface area (Å²) < 4.78 is 5.07. The average Bonchev–Trinajstić information content (AvgIpc) is 2.80. The van der Waals surface area contributed by atoms with Gasteiger partial charge in [0.1, 0.15) is 5.60 Å². The standard InChI is InChI=1S/C21H24N2O4/c1-3-13-11-22-9-8-20(25)16-6-4-5-7-17(16)23-12-15(19(24)27-2)14(13)10-18(22)21(20,23)26/h3-7,12,14,18,25-26H,8-11H2,1-2H3/t14-,18-,20-,21-/m0/s1. The molecule has 5 rings (SSSR count). The number of hydrogen-bond acceptors (Lipinski definition) is 6. The van der Waals surface area contributed by atoms with Gasteiger partial charge in [-0.25, -0.2) is 4.79 Å². The molecule has 0 amide bonds. The van der Waals surface area contributed by atoms with Crippen molar-refractivity contribution < 1.29 is 19.7 Å². The summed E-state index contributed by atoms with van der Waals surface area (Å²) in [5.41, 5.74) is 0.286. The van der Waals surface area contributed by atoms with Crippen molar-refractivity contribution in [2.75, 3.05) is 25.1 Å². The van der Waals surface area contributed by atoms with Gasteiger partial charge in [0, 0.05) is 36.5 Å². The van der Waals surface area contributed by atoms with Crippen molar-refractivity contribution in [2.24, 2.45) is 5.92 Å².